The number of aromatic hydroxyl groups is 1. The van der Waals surface area contributed by atoms with Crippen LogP contribution in [0.4, 0.5) is 0 Å². The molecule has 2 aromatic carbocycles. The van der Waals surface area contributed by atoms with Crippen LogP contribution in [0.1, 0.15) is 36.1 Å². The van der Waals surface area contributed by atoms with Crippen molar-refractivity contribution in [1.29, 1.82) is 0 Å². The molecule has 0 saturated heterocycles. The lowest BCUT2D eigenvalue weighted by Crippen LogP contribution is -2.29. The molecule has 1 unspecified atom stereocenters. The van der Waals surface area contributed by atoms with E-state index in [2.05, 4.69) is 11.4 Å². The maximum atomic E-state index is 12.4. The van der Waals surface area contributed by atoms with E-state index in [1.807, 2.05) is 32.0 Å². The van der Waals surface area contributed by atoms with Gasteiger partial charge in [-0.1, -0.05) is 42.8 Å². The number of amides is 1. The van der Waals surface area contributed by atoms with Crippen LogP contribution in [-0.4, -0.2) is 24.2 Å². The highest BCUT2D eigenvalue weighted by Gasteiger charge is 2.14. The number of hydrogen-bond acceptors (Lipinski definition) is 4. The number of nitrogens with one attached hydrogen (secondary N) is 1. The molecule has 1 amide bonds. The average Bonchev–Trinajstić information content (AvgIpc) is 2.59. The first kappa shape index (κ1) is 18.8. The molecule has 2 rings (SSSR count). The standard InChI is InChI=1S/C20H26N2O3/c1-3-17(16-6-4-5-14(2)11-16)22-20(24)13-15-7-8-19(18(23)12-15)25-10-9-21/h4-8,11-12,17,23H,3,9-10,13,21H2,1-2H3,(H,22,24). The van der Waals surface area contributed by atoms with E-state index in [0.717, 1.165) is 17.5 Å². The van der Waals surface area contributed by atoms with E-state index < -0.39 is 0 Å². The molecule has 0 radical (unpaired) electrons. The Kier molecular flexibility index (Phi) is 6.83. The number of carbonyl (C=O) groups is 1. The molecule has 0 fully saturated rings. The van der Waals surface area contributed by atoms with Gasteiger partial charge in [0.15, 0.2) is 11.5 Å². The summed E-state index contributed by atoms with van der Waals surface area (Å²) in [5.41, 5.74) is 8.38. The molecule has 0 aliphatic carbocycles. The van der Waals surface area contributed by atoms with Gasteiger partial charge in [-0.15, -0.1) is 0 Å². The van der Waals surface area contributed by atoms with Crippen LogP contribution < -0.4 is 15.8 Å². The van der Waals surface area contributed by atoms with Crippen molar-refractivity contribution in [2.45, 2.75) is 32.7 Å². The number of rotatable bonds is 8. The van der Waals surface area contributed by atoms with Crippen LogP contribution in [0.2, 0.25) is 0 Å². The number of aryl methyl sites for hydroxylation is 1. The van der Waals surface area contributed by atoms with Crippen LogP contribution >= 0.6 is 0 Å². The lowest BCUT2D eigenvalue weighted by Gasteiger charge is -2.18. The van der Waals surface area contributed by atoms with Crippen molar-refractivity contribution in [2.75, 3.05) is 13.2 Å². The Bertz CT molecular complexity index is 716. The zero-order valence-corrected chi connectivity index (χ0v) is 14.8. The van der Waals surface area contributed by atoms with Crippen molar-refractivity contribution in [2.24, 2.45) is 5.73 Å². The zero-order valence-electron chi connectivity index (χ0n) is 14.8. The van der Waals surface area contributed by atoms with Gasteiger partial charge in [0.2, 0.25) is 5.91 Å². The Labute approximate surface area is 148 Å². The van der Waals surface area contributed by atoms with Crippen LogP contribution in [-0.2, 0) is 11.2 Å². The highest BCUT2D eigenvalue weighted by Crippen LogP contribution is 2.27. The molecule has 0 saturated carbocycles. The lowest BCUT2D eigenvalue weighted by molar-refractivity contribution is -0.121. The SMILES string of the molecule is CCC(NC(=O)Cc1ccc(OCCN)c(O)c1)c1cccc(C)c1. The average molecular weight is 342 g/mol. The van der Waals surface area contributed by atoms with Gasteiger partial charge in [-0.3, -0.25) is 4.79 Å². The third kappa shape index (κ3) is 5.50. The fraction of sp³-hybridized carbons (Fsp3) is 0.350. The van der Waals surface area contributed by atoms with Crippen molar-refractivity contribution >= 4 is 5.91 Å². The Morgan fingerprint density at radius 1 is 1.28 bits per heavy atom. The van der Waals surface area contributed by atoms with Crippen molar-refractivity contribution in [1.82, 2.24) is 5.32 Å². The van der Waals surface area contributed by atoms with E-state index in [4.69, 9.17) is 10.5 Å². The van der Waals surface area contributed by atoms with Gasteiger partial charge in [-0.2, -0.15) is 0 Å². The van der Waals surface area contributed by atoms with E-state index in [0.29, 0.717) is 18.9 Å². The molecule has 0 heterocycles. The maximum Gasteiger partial charge on any atom is 0.224 e. The summed E-state index contributed by atoms with van der Waals surface area (Å²) in [7, 11) is 0. The van der Waals surface area contributed by atoms with Gasteiger partial charge < -0.3 is 20.9 Å². The summed E-state index contributed by atoms with van der Waals surface area (Å²) < 4.78 is 5.32. The Balaban J connectivity index is 2.00. The first-order chi connectivity index (χ1) is 12.0. The molecule has 1 atom stereocenters. The summed E-state index contributed by atoms with van der Waals surface area (Å²) in [6, 6.07) is 13.1. The summed E-state index contributed by atoms with van der Waals surface area (Å²) in [5.74, 6) is 0.314. The van der Waals surface area contributed by atoms with Gasteiger partial charge in [0.1, 0.15) is 6.61 Å². The van der Waals surface area contributed by atoms with Crippen LogP contribution in [0.25, 0.3) is 0 Å². The molecule has 2 aromatic rings. The highest BCUT2D eigenvalue weighted by molar-refractivity contribution is 5.79. The number of hydrogen-bond donors (Lipinski definition) is 3. The van der Waals surface area contributed by atoms with E-state index in [-0.39, 0.29) is 24.1 Å². The van der Waals surface area contributed by atoms with Crippen LogP contribution in [0.3, 0.4) is 0 Å². The molecule has 0 aliphatic rings. The Morgan fingerprint density at radius 2 is 2.08 bits per heavy atom. The summed E-state index contributed by atoms with van der Waals surface area (Å²) in [4.78, 5) is 12.4. The van der Waals surface area contributed by atoms with Gasteiger partial charge in [0.05, 0.1) is 12.5 Å². The second-order valence-electron chi connectivity index (χ2n) is 6.06. The first-order valence-electron chi connectivity index (χ1n) is 8.54. The minimum atomic E-state index is -0.0802. The second-order valence-corrected chi connectivity index (χ2v) is 6.06. The van der Waals surface area contributed by atoms with Gasteiger partial charge in [-0.25, -0.2) is 0 Å². The Morgan fingerprint density at radius 3 is 2.72 bits per heavy atom. The highest BCUT2D eigenvalue weighted by atomic mass is 16.5. The van der Waals surface area contributed by atoms with E-state index in [9.17, 15) is 9.90 Å². The van der Waals surface area contributed by atoms with E-state index in [1.165, 1.54) is 5.56 Å². The number of nitrogens with two attached hydrogens (primary N) is 1. The van der Waals surface area contributed by atoms with Gasteiger partial charge in [0, 0.05) is 6.54 Å². The number of phenolic OH excluding ortho intramolecular Hbond substituents is 1. The minimum Gasteiger partial charge on any atom is -0.504 e. The minimum absolute atomic E-state index is 0.0180. The molecule has 0 aliphatic heterocycles. The zero-order chi connectivity index (χ0) is 18.2. The lowest BCUT2D eigenvalue weighted by atomic mass is 10.0. The largest absolute Gasteiger partial charge is 0.504 e. The molecule has 0 spiro atoms. The molecule has 0 bridgehead atoms. The molecule has 5 heteroatoms. The summed E-state index contributed by atoms with van der Waals surface area (Å²) in [5, 5.41) is 13.0. The topological polar surface area (TPSA) is 84.6 Å². The fourth-order valence-electron chi connectivity index (χ4n) is 2.70. The molecule has 25 heavy (non-hydrogen) atoms. The molecule has 134 valence electrons. The number of benzene rings is 2. The molecule has 4 N–H and O–H groups in total. The fourth-order valence-corrected chi connectivity index (χ4v) is 2.70. The van der Waals surface area contributed by atoms with Crippen LogP contribution in [0.5, 0.6) is 11.5 Å². The second kappa shape index (κ2) is 9.08. The molecule has 0 aromatic heterocycles. The molecular formula is C20H26N2O3. The van der Waals surface area contributed by atoms with Crippen LogP contribution in [0.15, 0.2) is 42.5 Å². The molecule has 5 nitrogen and oxygen atoms in total. The summed E-state index contributed by atoms with van der Waals surface area (Å²) in [6.45, 7) is 4.79. The van der Waals surface area contributed by atoms with Crippen molar-refractivity contribution in [3.8, 4) is 11.5 Å². The van der Waals surface area contributed by atoms with Crippen molar-refractivity contribution in [3.05, 3.63) is 59.2 Å². The van der Waals surface area contributed by atoms with Crippen LogP contribution in [0, 0.1) is 6.92 Å². The van der Waals surface area contributed by atoms with Crippen molar-refractivity contribution in [3.63, 3.8) is 0 Å². The third-order valence-electron chi connectivity index (χ3n) is 3.95. The quantitative estimate of drug-likeness (QED) is 0.689. The first-order valence-corrected chi connectivity index (χ1v) is 8.54. The maximum absolute atomic E-state index is 12.4. The van der Waals surface area contributed by atoms with E-state index >= 15 is 0 Å². The van der Waals surface area contributed by atoms with E-state index in [1.54, 1.807) is 18.2 Å². The normalized spacial score (nSPS) is 11.8. The summed E-state index contributed by atoms with van der Waals surface area (Å²) in [6.07, 6.45) is 1.01. The number of carbonyl (C=O) groups excluding carboxylic acids is 1. The van der Waals surface area contributed by atoms with Gasteiger partial charge in [0.25, 0.3) is 0 Å². The third-order valence-corrected chi connectivity index (χ3v) is 3.95. The summed E-state index contributed by atoms with van der Waals surface area (Å²) >= 11 is 0. The smallest absolute Gasteiger partial charge is 0.224 e. The molecular weight excluding hydrogens is 316 g/mol. The number of phenols is 1. The predicted octanol–water partition coefficient (Wildman–Crippen LogP) is 2.85. The predicted molar refractivity (Wildman–Crippen MR) is 98.7 cm³/mol. The van der Waals surface area contributed by atoms with Gasteiger partial charge >= 0.3 is 0 Å². The van der Waals surface area contributed by atoms with Gasteiger partial charge in [-0.05, 0) is 36.6 Å². The number of ether oxygens (including phenoxy) is 1. The Hall–Kier alpha value is -2.53. The monoisotopic (exact) mass is 342 g/mol. The van der Waals surface area contributed by atoms with Crippen molar-refractivity contribution < 1.29 is 14.6 Å².